The fourth-order valence-electron chi connectivity index (χ4n) is 2.18. The normalized spacial score (nSPS) is 14.2. The molecule has 1 heterocycles. The van der Waals surface area contributed by atoms with Crippen LogP contribution in [0, 0.1) is 5.41 Å². The molecule has 0 aromatic carbocycles. The van der Waals surface area contributed by atoms with E-state index in [1.807, 2.05) is 31.6 Å². The van der Waals surface area contributed by atoms with Crippen LogP contribution in [0.15, 0.2) is 6.07 Å². The van der Waals surface area contributed by atoms with Gasteiger partial charge in [-0.25, -0.2) is 0 Å². The fourth-order valence-corrected chi connectivity index (χ4v) is 2.18. The number of rotatable bonds is 7. The van der Waals surface area contributed by atoms with Crippen LogP contribution in [0.5, 0.6) is 0 Å². The van der Waals surface area contributed by atoms with E-state index in [1.54, 1.807) is 0 Å². The zero-order valence-corrected chi connectivity index (χ0v) is 12.4. The molecule has 2 N–H and O–H groups in total. The molecule has 19 heavy (non-hydrogen) atoms. The van der Waals surface area contributed by atoms with Gasteiger partial charge in [0.05, 0.1) is 17.7 Å². The molecule has 1 aromatic rings. The predicted molar refractivity (Wildman–Crippen MR) is 74.7 cm³/mol. The Labute approximate surface area is 115 Å². The van der Waals surface area contributed by atoms with Gasteiger partial charge in [0.2, 0.25) is 0 Å². The van der Waals surface area contributed by atoms with E-state index in [9.17, 15) is 4.79 Å². The van der Waals surface area contributed by atoms with Crippen LogP contribution >= 0.6 is 0 Å². The van der Waals surface area contributed by atoms with E-state index in [0.29, 0.717) is 19.4 Å². The van der Waals surface area contributed by atoms with Crippen molar-refractivity contribution in [2.75, 3.05) is 13.2 Å². The fraction of sp³-hybridized carbons (Fsp3) is 0.714. The number of ether oxygens (including phenoxy) is 1. The van der Waals surface area contributed by atoms with Crippen LogP contribution in [-0.4, -0.2) is 28.9 Å². The van der Waals surface area contributed by atoms with E-state index >= 15 is 0 Å². The zero-order chi connectivity index (χ0) is 14.5. The Bertz CT molecular complexity index is 422. The highest BCUT2D eigenvalue weighted by Crippen LogP contribution is 2.28. The van der Waals surface area contributed by atoms with Crippen molar-refractivity contribution in [3.63, 3.8) is 0 Å². The Balaban J connectivity index is 3.00. The smallest absolute Gasteiger partial charge is 0.313 e. The third kappa shape index (κ3) is 3.35. The average Bonchev–Trinajstić information content (AvgIpc) is 2.76. The number of hydrogen-bond acceptors (Lipinski definition) is 4. The van der Waals surface area contributed by atoms with Crippen molar-refractivity contribution in [1.29, 1.82) is 0 Å². The number of esters is 1. The molecule has 0 aliphatic heterocycles. The van der Waals surface area contributed by atoms with Crippen molar-refractivity contribution < 1.29 is 9.53 Å². The highest BCUT2D eigenvalue weighted by Gasteiger charge is 2.38. The molecule has 5 nitrogen and oxygen atoms in total. The van der Waals surface area contributed by atoms with Crippen molar-refractivity contribution in [3.05, 3.63) is 17.5 Å². The topological polar surface area (TPSA) is 70.1 Å². The van der Waals surface area contributed by atoms with Crippen molar-refractivity contribution >= 4 is 5.97 Å². The van der Waals surface area contributed by atoms with E-state index < -0.39 is 5.41 Å². The van der Waals surface area contributed by atoms with E-state index in [2.05, 4.69) is 12.0 Å². The molecule has 0 bridgehead atoms. The van der Waals surface area contributed by atoms with Crippen molar-refractivity contribution in [3.8, 4) is 0 Å². The minimum atomic E-state index is -0.644. The van der Waals surface area contributed by atoms with Crippen molar-refractivity contribution in [1.82, 2.24) is 9.78 Å². The second-order valence-electron chi connectivity index (χ2n) is 4.84. The number of nitrogens with two attached hydrogens (primary N) is 1. The van der Waals surface area contributed by atoms with Gasteiger partial charge in [0.25, 0.3) is 0 Å². The molecule has 0 spiro atoms. The maximum absolute atomic E-state index is 12.2. The Morgan fingerprint density at radius 1 is 1.47 bits per heavy atom. The molecule has 1 unspecified atom stereocenters. The second-order valence-corrected chi connectivity index (χ2v) is 4.84. The lowest BCUT2D eigenvalue weighted by atomic mass is 9.80. The Hall–Kier alpha value is -1.36. The van der Waals surface area contributed by atoms with Crippen LogP contribution in [0.25, 0.3) is 0 Å². The van der Waals surface area contributed by atoms with Gasteiger partial charge in [-0.2, -0.15) is 5.10 Å². The summed E-state index contributed by atoms with van der Waals surface area (Å²) in [6.45, 7) is 6.52. The lowest BCUT2D eigenvalue weighted by Crippen LogP contribution is -2.42. The van der Waals surface area contributed by atoms with E-state index in [0.717, 1.165) is 17.8 Å². The van der Waals surface area contributed by atoms with Gasteiger partial charge in [0, 0.05) is 25.7 Å². The summed E-state index contributed by atoms with van der Waals surface area (Å²) in [4.78, 5) is 12.2. The molecule has 1 atom stereocenters. The van der Waals surface area contributed by atoms with Crippen LogP contribution in [-0.2, 0) is 29.4 Å². The van der Waals surface area contributed by atoms with E-state index in [1.165, 1.54) is 0 Å². The first-order valence-electron chi connectivity index (χ1n) is 6.92. The molecule has 1 aromatic heterocycles. The molecule has 0 radical (unpaired) electrons. The summed E-state index contributed by atoms with van der Waals surface area (Å²) in [7, 11) is 1.90. The highest BCUT2D eigenvalue weighted by atomic mass is 16.5. The van der Waals surface area contributed by atoms with Crippen LogP contribution in [0.1, 0.15) is 38.6 Å². The van der Waals surface area contributed by atoms with Gasteiger partial charge >= 0.3 is 5.97 Å². The maximum atomic E-state index is 12.2. The van der Waals surface area contributed by atoms with Gasteiger partial charge in [0.15, 0.2) is 0 Å². The molecule has 0 aliphatic rings. The van der Waals surface area contributed by atoms with Crippen LogP contribution in [0.4, 0.5) is 0 Å². The molecular formula is C14H25N3O2. The quantitative estimate of drug-likeness (QED) is 0.759. The second kappa shape index (κ2) is 6.70. The minimum absolute atomic E-state index is 0.209. The van der Waals surface area contributed by atoms with Gasteiger partial charge in [0.1, 0.15) is 0 Å². The molecule has 1 rings (SSSR count). The van der Waals surface area contributed by atoms with E-state index in [4.69, 9.17) is 10.5 Å². The number of aryl methyl sites for hydroxylation is 2. The van der Waals surface area contributed by atoms with Crippen LogP contribution in [0.3, 0.4) is 0 Å². The predicted octanol–water partition coefficient (Wildman–Crippen LogP) is 1.44. The molecule has 0 aliphatic carbocycles. The summed E-state index contributed by atoms with van der Waals surface area (Å²) < 4.78 is 7.02. The lowest BCUT2D eigenvalue weighted by molar-refractivity contribution is -0.155. The number of carbonyl (C=O) groups is 1. The van der Waals surface area contributed by atoms with Crippen LogP contribution in [0.2, 0.25) is 0 Å². The first-order valence-corrected chi connectivity index (χ1v) is 6.92. The summed E-state index contributed by atoms with van der Waals surface area (Å²) in [6.07, 6.45) is 2.12. The average molecular weight is 267 g/mol. The zero-order valence-electron chi connectivity index (χ0n) is 12.4. The standard InChI is InChI=1S/C14H25N3O2/c1-5-11-8-12(17(4)16-11)9-14(6-2,10-15)13(18)19-7-3/h8H,5-7,9-10,15H2,1-4H3. The summed E-state index contributed by atoms with van der Waals surface area (Å²) >= 11 is 0. The third-order valence-electron chi connectivity index (χ3n) is 3.69. The van der Waals surface area contributed by atoms with Crippen LogP contribution < -0.4 is 5.73 Å². The van der Waals surface area contributed by atoms with Crippen molar-refractivity contribution in [2.45, 2.75) is 40.0 Å². The first kappa shape index (κ1) is 15.7. The SMILES string of the molecule is CCOC(=O)C(CC)(CN)Cc1cc(CC)nn1C. The highest BCUT2D eigenvalue weighted by molar-refractivity contribution is 5.77. The van der Waals surface area contributed by atoms with Gasteiger partial charge in [-0.05, 0) is 25.8 Å². The number of hydrogen-bond donors (Lipinski definition) is 1. The lowest BCUT2D eigenvalue weighted by Gasteiger charge is -2.28. The third-order valence-corrected chi connectivity index (χ3v) is 3.69. The Morgan fingerprint density at radius 3 is 2.58 bits per heavy atom. The molecule has 0 saturated carbocycles. The van der Waals surface area contributed by atoms with Gasteiger partial charge in [-0.15, -0.1) is 0 Å². The summed E-state index contributed by atoms with van der Waals surface area (Å²) in [6, 6.07) is 2.04. The molecule has 0 amide bonds. The number of carbonyl (C=O) groups excluding carboxylic acids is 1. The maximum Gasteiger partial charge on any atom is 0.313 e. The largest absolute Gasteiger partial charge is 0.466 e. The van der Waals surface area contributed by atoms with Gasteiger partial charge < -0.3 is 10.5 Å². The molecule has 5 heteroatoms. The molecule has 108 valence electrons. The molecular weight excluding hydrogens is 242 g/mol. The minimum Gasteiger partial charge on any atom is -0.466 e. The molecule has 0 saturated heterocycles. The Morgan fingerprint density at radius 2 is 2.16 bits per heavy atom. The van der Waals surface area contributed by atoms with Gasteiger partial charge in [-0.3, -0.25) is 9.48 Å². The summed E-state index contributed by atoms with van der Waals surface area (Å²) in [5.41, 5.74) is 7.27. The summed E-state index contributed by atoms with van der Waals surface area (Å²) in [5.74, 6) is -0.209. The Kier molecular flexibility index (Phi) is 5.54. The number of aromatic nitrogens is 2. The number of nitrogens with zero attached hydrogens (tertiary/aromatic N) is 2. The molecule has 0 fully saturated rings. The summed E-state index contributed by atoms with van der Waals surface area (Å²) in [5, 5.41) is 4.41. The van der Waals surface area contributed by atoms with E-state index in [-0.39, 0.29) is 12.5 Å². The van der Waals surface area contributed by atoms with Gasteiger partial charge in [-0.1, -0.05) is 13.8 Å². The first-order chi connectivity index (χ1) is 9.02. The monoisotopic (exact) mass is 267 g/mol. The van der Waals surface area contributed by atoms with Crippen molar-refractivity contribution in [2.24, 2.45) is 18.2 Å².